The van der Waals surface area contributed by atoms with Gasteiger partial charge in [-0.25, -0.2) is 18.6 Å². The molecule has 0 saturated carbocycles. The summed E-state index contributed by atoms with van der Waals surface area (Å²) in [6.45, 7) is 0. The lowest BCUT2D eigenvalue weighted by atomic mass is 9.99. The topological polar surface area (TPSA) is 142 Å². The molecule has 21 heavy (non-hydrogen) atoms. The number of rotatable bonds is 4. The van der Waals surface area contributed by atoms with Crippen molar-refractivity contribution in [3.05, 3.63) is 33.9 Å². The van der Waals surface area contributed by atoms with Crippen LogP contribution in [0.4, 0.5) is 11.4 Å². The Hall–Kier alpha value is -2.24. The van der Waals surface area contributed by atoms with E-state index < -0.39 is 26.6 Å². The number of carboxylic acids is 1. The highest BCUT2D eigenvalue weighted by Gasteiger charge is 2.53. The van der Waals surface area contributed by atoms with Crippen molar-refractivity contribution >= 4 is 27.4 Å². The van der Waals surface area contributed by atoms with Crippen molar-refractivity contribution in [2.75, 3.05) is 18.7 Å². The van der Waals surface area contributed by atoms with Gasteiger partial charge in [-0.05, 0) is 6.07 Å². The predicted molar refractivity (Wildman–Crippen MR) is 71.8 cm³/mol. The van der Waals surface area contributed by atoms with E-state index in [0.29, 0.717) is 4.31 Å². The lowest BCUT2D eigenvalue weighted by Crippen LogP contribution is -2.59. The van der Waals surface area contributed by atoms with Crippen LogP contribution < -0.4 is 10.9 Å². The summed E-state index contributed by atoms with van der Waals surface area (Å²) in [5.41, 5.74) is 2.61. The summed E-state index contributed by atoms with van der Waals surface area (Å²) in [6.07, 6.45) is 0.842. The van der Waals surface area contributed by atoms with Gasteiger partial charge in [-0.2, -0.15) is 4.31 Å². The molecule has 0 amide bonds. The monoisotopic (exact) mass is 316 g/mol. The number of likely N-dealkylation sites (N-methyl/N-ethyl adjacent to an activating group) is 1. The van der Waals surface area contributed by atoms with Gasteiger partial charge in [0.2, 0.25) is 15.7 Å². The molecule has 1 atom stereocenters. The second-order valence-electron chi connectivity index (χ2n) is 4.48. The first-order valence-electron chi connectivity index (χ1n) is 5.60. The highest BCUT2D eigenvalue weighted by Crippen LogP contribution is 2.39. The van der Waals surface area contributed by atoms with Gasteiger partial charge in [0.25, 0.3) is 5.69 Å². The number of nitro groups is 1. The fraction of sp³-hybridized carbons (Fsp3) is 0.300. The third-order valence-electron chi connectivity index (χ3n) is 3.26. The first-order valence-corrected chi connectivity index (χ1v) is 7.45. The van der Waals surface area contributed by atoms with E-state index >= 15 is 0 Å². The summed E-state index contributed by atoms with van der Waals surface area (Å²) in [6, 6.07) is 3.52. The molecule has 0 aliphatic carbocycles. The van der Waals surface area contributed by atoms with E-state index in [9.17, 15) is 28.4 Å². The Balaban J connectivity index is 2.72. The molecule has 2 rings (SSSR count). The Morgan fingerprint density at radius 1 is 1.48 bits per heavy atom. The van der Waals surface area contributed by atoms with Crippen molar-refractivity contribution < 1.29 is 23.2 Å². The zero-order valence-electron chi connectivity index (χ0n) is 11.0. The summed E-state index contributed by atoms with van der Waals surface area (Å²) >= 11 is 0. The van der Waals surface area contributed by atoms with Gasteiger partial charge in [0.15, 0.2) is 0 Å². The molecular weight excluding hydrogens is 304 g/mol. The van der Waals surface area contributed by atoms with Crippen molar-refractivity contribution in [1.29, 1.82) is 0 Å². The molecule has 0 spiro atoms. The van der Waals surface area contributed by atoms with E-state index in [1.165, 1.54) is 12.1 Å². The van der Waals surface area contributed by atoms with Crippen LogP contribution >= 0.6 is 0 Å². The van der Waals surface area contributed by atoms with Gasteiger partial charge in [-0.3, -0.25) is 10.1 Å². The van der Waals surface area contributed by atoms with Gasteiger partial charge in [0, 0.05) is 24.7 Å². The number of anilines is 1. The lowest BCUT2D eigenvalue weighted by Gasteiger charge is -2.32. The van der Waals surface area contributed by atoms with Gasteiger partial charge in [-0.15, -0.1) is 0 Å². The standard InChI is InChI=1S/C10H12N4O6S/c1-13(21(2,19)20)10(9(15)16)7-5-6(14(17)18)3-4-8(7)11-12-10/h3-5,11-12H,1-2H3,(H,15,16). The quantitative estimate of drug-likeness (QED) is 0.505. The minimum Gasteiger partial charge on any atom is -0.479 e. The number of nitrogens with zero attached hydrogens (tertiary/aromatic N) is 2. The minimum absolute atomic E-state index is 0.0582. The predicted octanol–water partition coefficient (Wildman–Crippen LogP) is -0.346. The number of sulfonamides is 1. The average molecular weight is 316 g/mol. The Labute approximate surface area is 119 Å². The lowest BCUT2D eigenvalue weighted by molar-refractivity contribution is -0.384. The number of hydrogen-bond donors (Lipinski definition) is 3. The zero-order chi connectivity index (χ0) is 16.0. The average Bonchev–Trinajstić information content (AvgIpc) is 2.76. The van der Waals surface area contributed by atoms with Crippen LogP contribution in [0.15, 0.2) is 18.2 Å². The molecule has 0 radical (unpaired) electrons. The van der Waals surface area contributed by atoms with Crippen molar-refractivity contribution in [2.24, 2.45) is 0 Å². The molecule has 11 heteroatoms. The van der Waals surface area contributed by atoms with E-state index in [2.05, 4.69) is 10.9 Å². The maximum Gasteiger partial charge on any atom is 0.346 e. The molecule has 1 aliphatic heterocycles. The van der Waals surface area contributed by atoms with E-state index in [0.717, 1.165) is 19.4 Å². The fourth-order valence-electron chi connectivity index (χ4n) is 2.08. The van der Waals surface area contributed by atoms with Crippen molar-refractivity contribution in [3.63, 3.8) is 0 Å². The van der Waals surface area contributed by atoms with Crippen molar-refractivity contribution in [3.8, 4) is 0 Å². The number of non-ortho nitro benzene ring substituents is 1. The Morgan fingerprint density at radius 3 is 2.57 bits per heavy atom. The van der Waals surface area contributed by atoms with E-state index in [-0.39, 0.29) is 16.9 Å². The number of benzene rings is 1. The molecular formula is C10H12N4O6S. The summed E-state index contributed by atoms with van der Waals surface area (Å²) < 4.78 is 24.0. The smallest absolute Gasteiger partial charge is 0.346 e. The minimum atomic E-state index is -3.89. The second kappa shape index (κ2) is 4.65. The molecule has 3 N–H and O–H groups in total. The molecule has 0 aromatic heterocycles. The van der Waals surface area contributed by atoms with Crippen LogP contribution in [0.5, 0.6) is 0 Å². The Bertz CT molecular complexity index is 733. The number of hydrazine groups is 1. The third kappa shape index (κ3) is 2.20. The van der Waals surface area contributed by atoms with Crippen LogP contribution in [0.25, 0.3) is 0 Å². The Morgan fingerprint density at radius 2 is 2.10 bits per heavy atom. The number of fused-ring (bicyclic) bond motifs is 1. The number of carboxylic acid groups (broad SMARTS) is 1. The molecule has 1 aromatic carbocycles. The number of nitro benzene ring substituents is 1. The first-order chi connectivity index (χ1) is 9.60. The Kier molecular flexibility index (Phi) is 3.35. The molecule has 0 fully saturated rings. The van der Waals surface area contributed by atoms with Crippen LogP contribution in [0.3, 0.4) is 0 Å². The van der Waals surface area contributed by atoms with Gasteiger partial charge < -0.3 is 10.5 Å². The van der Waals surface area contributed by atoms with E-state index in [4.69, 9.17) is 0 Å². The number of aliphatic carboxylic acids is 1. The highest BCUT2D eigenvalue weighted by molar-refractivity contribution is 7.88. The van der Waals surface area contributed by atoms with Crippen LogP contribution in [0.1, 0.15) is 5.56 Å². The van der Waals surface area contributed by atoms with E-state index in [1.54, 1.807) is 0 Å². The van der Waals surface area contributed by atoms with Crippen LogP contribution in [-0.2, 0) is 20.5 Å². The number of hydrogen-bond acceptors (Lipinski definition) is 7. The summed E-state index contributed by atoms with van der Waals surface area (Å²) in [4.78, 5) is 21.8. The molecule has 1 unspecified atom stereocenters. The SMILES string of the molecule is CN(C1(C(=O)O)NNc2ccc([N+](=O)[O-])cc21)S(C)(=O)=O. The van der Waals surface area contributed by atoms with Crippen LogP contribution in [0, 0.1) is 10.1 Å². The summed E-state index contributed by atoms with van der Waals surface area (Å²) in [5.74, 6) is -1.51. The molecule has 1 aliphatic rings. The highest BCUT2D eigenvalue weighted by atomic mass is 32.2. The molecule has 1 aromatic rings. The third-order valence-corrected chi connectivity index (χ3v) is 4.53. The maximum absolute atomic E-state index is 11.7. The molecule has 10 nitrogen and oxygen atoms in total. The van der Waals surface area contributed by atoms with Crippen molar-refractivity contribution in [1.82, 2.24) is 9.73 Å². The zero-order valence-corrected chi connectivity index (χ0v) is 11.8. The first kappa shape index (κ1) is 15.2. The maximum atomic E-state index is 11.7. The molecule has 1 heterocycles. The summed E-state index contributed by atoms with van der Waals surface area (Å²) in [7, 11) is -2.81. The largest absolute Gasteiger partial charge is 0.479 e. The fourth-order valence-corrected chi connectivity index (χ4v) is 2.80. The van der Waals surface area contributed by atoms with Gasteiger partial charge in [0.05, 0.1) is 16.9 Å². The van der Waals surface area contributed by atoms with Crippen molar-refractivity contribution in [2.45, 2.75) is 5.66 Å². The van der Waals surface area contributed by atoms with Gasteiger partial charge in [0.1, 0.15) is 0 Å². The second-order valence-corrected chi connectivity index (χ2v) is 6.50. The normalized spacial score (nSPS) is 20.9. The molecule has 114 valence electrons. The summed E-state index contributed by atoms with van der Waals surface area (Å²) in [5, 5.41) is 20.3. The number of carbonyl (C=O) groups is 1. The number of nitrogens with one attached hydrogen (secondary N) is 2. The van der Waals surface area contributed by atoms with Crippen LogP contribution in [-0.4, -0.2) is 42.0 Å². The van der Waals surface area contributed by atoms with Gasteiger partial charge in [-0.1, -0.05) is 0 Å². The van der Waals surface area contributed by atoms with E-state index in [1.807, 2.05) is 0 Å². The van der Waals surface area contributed by atoms with Gasteiger partial charge >= 0.3 is 5.97 Å². The van der Waals surface area contributed by atoms with Crippen LogP contribution in [0.2, 0.25) is 0 Å². The molecule has 0 bridgehead atoms. The molecule has 0 saturated heterocycles.